The summed E-state index contributed by atoms with van der Waals surface area (Å²) in [5.41, 5.74) is 3.84. The van der Waals surface area contributed by atoms with E-state index in [2.05, 4.69) is 5.32 Å². The summed E-state index contributed by atoms with van der Waals surface area (Å²) in [6, 6.07) is 22.0. The Balaban J connectivity index is 1.79. The van der Waals surface area contributed by atoms with E-state index in [1.165, 1.54) is 6.07 Å². The first-order valence-corrected chi connectivity index (χ1v) is 8.27. The molecule has 126 valence electrons. The molecule has 2 nitrogen and oxygen atoms in total. The van der Waals surface area contributed by atoms with Crippen LogP contribution in [0.3, 0.4) is 0 Å². The van der Waals surface area contributed by atoms with Crippen molar-refractivity contribution < 1.29 is 9.18 Å². The third kappa shape index (κ3) is 3.94. The minimum absolute atomic E-state index is 0.155. The van der Waals surface area contributed by atoms with Gasteiger partial charge in [0.1, 0.15) is 5.82 Å². The summed E-state index contributed by atoms with van der Waals surface area (Å²) in [6.45, 7) is 3.75. The zero-order valence-electron chi connectivity index (χ0n) is 14.3. The molecule has 0 heterocycles. The predicted octanol–water partition coefficient (Wildman–Crippen LogP) is 5.54. The molecule has 0 aliphatic carbocycles. The second-order valence-electron chi connectivity index (χ2n) is 6.19. The van der Waals surface area contributed by atoms with Crippen molar-refractivity contribution in [1.82, 2.24) is 0 Å². The molecule has 0 radical (unpaired) electrons. The Bertz CT molecular complexity index is 890. The highest BCUT2D eigenvalue weighted by Crippen LogP contribution is 2.27. The number of aryl methyl sites for hydroxylation is 1. The molecule has 3 aromatic rings. The Morgan fingerprint density at radius 1 is 0.960 bits per heavy atom. The molecule has 0 aromatic heterocycles. The van der Waals surface area contributed by atoms with Crippen LogP contribution in [0.5, 0.6) is 0 Å². The van der Waals surface area contributed by atoms with Crippen molar-refractivity contribution in [1.29, 1.82) is 0 Å². The van der Waals surface area contributed by atoms with E-state index in [9.17, 15) is 9.18 Å². The van der Waals surface area contributed by atoms with E-state index in [0.29, 0.717) is 11.1 Å². The van der Waals surface area contributed by atoms with E-state index in [-0.39, 0.29) is 11.7 Å². The second kappa shape index (κ2) is 7.31. The average Bonchev–Trinajstić information content (AvgIpc) is 2.61. The van der Waals surface area contributed by atoms with Crippen LogP contribution in [0.2, 0.25) is 0 Å². The molecule has 3 rings (SSSR count). The van der Waals surface area contributed by atoms with Crippen LogP contribution >= 0.6 is 0 Å². The first-order chi connectivity index (χ1) is 12.0. The monoisotopic (exact) mass is 333 g/mol. The van der Waals surface area contributed by atoms with Gasteiger partial charge in [0.2, 0.25) is 5.91 Å². The number of rotatable bonds is 4. The molecular weight excluding hydrogens is 313 g/mol. The van der Waals surface area contributed by atoms with Gasteiger partial charge < -0.3 is 5.32 Å². The van der Waals surface area contributed by atoms with Crippen molar-refractivity contribution in [3.05, 3.63) is 89.7 Å². The van der Waals surface area contributed by atoms with E-state index in [4.69, 9.17) is 0 Å². The molecule has 1 unspecified atom stereocenters. The van der Waals surface area contributed by atoms with Crippen molar-refractivity contribution >= 4 is 11.6 Å². The number of benzene rings is 3. The Hall–Kier alpha value is -2.94. The highest BCUT2D eigenvalue weighted by atomic mass is 19.1. The SMILES string of the molecule is Cc1cccc(NC(=O)C(C)c2ccc(-c3ccccc3)c(F)c2)c1. The van der Waals surface area contributed by atoms with Gasteiger partial charge in [-0.2, -0.15) is 0 Å². The number of anilines is 1. The second-order valence-corrected chi connectivity index (χ2v) is 6.19. The van der Waals surface area contributed by atoms with Gasteiger partial charge in [-0.1, -0.05) is 54.6 Å². The standard InChI is InChI=1S/C22H20FNO/c1-15-7-6-10-19(13-15)24-22(25)16(2)18-11-12-20(21(23)14-18)17-8-4-3-5-9-17/h3-14,16H,1-2H3,(H,24,25). The predicted molar refractivity (Wildman–Crippen MR) is 100 cm³/mol. The van der Waals surface area contributed by atoms with Crippen LogP contribution in [-0.4, -0.2) is 5.91 Å². The summed E-state index contributed by atoms with van der Waals surface area (Å²) < 4.78 is 14.5. The van der Waals surface area contributed by atoms with Gasteiger partial charge in [-0.25, -0.2) is 4.39 Å². The van der Waals surface area contributed by atoms with Crippen LogP contribution in [-0.2, 0) is 4.79 Å². The molecule has 3 aromatic carbocycles. The van der Waals surface area contributed by atoms with E-state index < -0.39 is 5.92 Å². The Labute approximate surface area is 147 Å². The summed E-state index contributed by atoms with van der Waals surface area (Å²) in [5.74, 6) is -0.920. The van der Waals surface area contributed by atoms with Gasteiger partial charge in [-0.15, -0.1) is 0 Å². The van der Waals surface area contributed by atoms with Crippen LogP contribution in [0.25, 0.3) is 11.1 Å². The molecular formula is C22H20FNO. The number of amides is 1. The van der Waals surface area contributed by atoms with Gasteiger partial charge in [0, 0.05) is 11.3 Å². The normalized spacial score (nSPS) is 11.8. The van der Waals surface area contributed by atoms with Crippen LogP contribution in [0.15, 0.2) is 72.8 Å². The van der Waals surface area contributed by atoms with Gasteiger partial charge in [-0.3, -0.25) is 4.79 Å². The van der Waals surface area contributed by atoms with E-state index in [1.54, 1.807) is 13.0 Å². The molecule has 0 fully saturated rings. The van der Waals surface area contributed by atoms with Crippen LogP contribution < -0.4 is 5.32 Å². The van der Waals surface area contributed by atoms with Gasteiger partial charge >= 0.3 is 0 Å². The molecule has 1 atom stereocenters. The summed E-state index contributed by atoms with van der Waals surface area (Å²) in [6.07, 6.45) is 0. The minimum Gasteiger partial charge on any atom is -0.326 e. The maximum Gasteiger partial charge on any atom is 0.231 e. The Kier molecular flexibility index (Phi) is 4.94. The molecule has 0 spiro atoms. The molecule has 0 saturated heterocycles. The molecule has 0 bridgehead atoms. The fraction of sp³-hybridized carbons (Fsp3) is 0.136. The molecule has 0 aliphatic rings. The zero-order valence-corrected chi connectivity index (χ0v) is 14.3. The number of hydrogen-bond acceptors (Lipinski definition) is 1. The summed E-state index contributed by atoms with van der Waals surface area (Å²) in [7, 11) is 0. The average molecular weight is 333 g/mol. The Morgan fingerprint density at radius 3 is 2.40 bits per heavy atom. The van der Waals surface area contributed by atoms with Gasteiger partial charge in [0.05, 0.1) is 5.92 Å². The minimum atomic E-state index is -0.445. The van der Waals surface area contributed by atoms with Crippen molar-refractivity contribution in [3.63, 3.8) is 0 Å². The van der Waals surface area contributed by atoms with Crippen molar-refractivity contribution in [2.24, 2.45) is 0 Å². The van der Waals surface area contributed by atoms with E-state index in [1.807, 2.05) is 67.6 Å². The lowest BCUT2D eigenvalue weighted by molar-refractivity contribution is -0.117. The lowest BCUT2D eigenvalue weighted by Gasteiger charge is -2.14. The maximum absolute atomic E-state index is 14.5. The highest BCUT2D eigenvalue weighted by Gasteiger charge is 2.17. The van der Waals surface area contributed by atoms with Crippen molar-refractivity contribution in [2.75, 3.05) is 5.32 Å². The number of halogens is 1. The number of nitrogens with one attached hydrogen (secondary N) is 1. The highest BCUT2D eigenvalue weighted by molar-refractivity contribution is 5.95. The smallest absolute Gasteiger partial charge is 0.231 e. The lowest BCUT2D eigenvalue weighted by atomic mass is 9.96. The topological polar surface area (TPSA) is 29.1 Å². The third-order valence-electron chi connectivity index (χ3n) is 4.26. The van der Waals surface area contributed by atoms with Crippen LogP contribution in [0.4, 0.5) is 10.1 Å². The fourth-order valence-electron chi connectivity index (χ4n) is 2.78. The molecule has 0 aliphatic heterocycles. The fourth-order valence-corrected chi connectivity index (χ4v) is 2.78. The van der Waals surface area contributed by atoms with Crippen molar-refractivity contribution in [2.45, 2.75) is 19.8 Å². The largest absolute Gasteiger partial charge is 0.326 e. The van der Waals surface area contributed by atoms with Gasteiger partial charge in [-0.05, 0) is 48.7 Å². The maximum atomic E-state index is 14.5. The molecule has 0 saturated carbocycles. The van der Waals surface area contributed by atoms with Crippen LogP contribution in [0, 0.1) is 12.7 Å². The summed E-state index contributed by atoms with van der Waals surface area (Å²) >= 11 is 0. The molecule has 3 heteroatoms. The quantitative estimate of drug-likeness (QED) is 0.667. The van der Waals surface area contributed by atoms with E-state index >= 15 is 0 Å². The van der Waals surface area contributed by atoms with Crippen LogP contribution in [0.1, 0.15) is 24.0 Å². The molecule has 25 heavy (non-hydrogen) atoms. The number of hydrogen-bond donors (Lipinski definition) is 1. The summed E-state index contributed by atoms with van der Waals surface area (Å²) in [4.78, 5) is 12.5. The third-order valence-corrected chi connectivity index (χ3v) is 4.26. The van der Waals surface area contributed by atoms with Gasteiger partial charge in [0.15, 0.2) is 0 Å². The molecule has 1 amide bonds. The zero-order chi connectivity index (χ0) is 17.8. The summed E-state index contributed by atoms with van der Waals surface area (Å²) in [5, 5.41) is 2.89. The molecule has 1 N–H and O–H groups in total. The van der Waals surface area contributed by atoms with Gasteiger partial charge in [0.25, 0.3) is 0 Å². The Morgan fingerprint density at radius 2 is 1.72 bits per heavy atom. The number of carbonyl (C=O) groups excluding carboxylic acids is 1. The van der Waals surface area contributed by atoms with Crippen molar-refractivity contribution in [3.8, 4) is 11.1 Å². The lowest BCUT2D eigenvalue weighted by Crippen LogP contribution is -2.19. The first-order valence-electron chi connectivity index (χ1n) is 8.27. The first kappa shape index (κ1) is 16.9. The van der Waals surface area contributed by atoms with E-state index in [0.717, 1.165) is 16.8 Å². The number of carbonyl (C=O) groups is 1.